The van der Waals surface area contributed by atoms with Crippen LogP contribution in [0.15, 0.2) is 0 Å². The Morgan fingerprint density at radius 3 is 2.64 bits per heavy atom. The second-order valence-electron chi connectivity index (χ2n) is 3.62. The third-order valence-corrected chi connectivity index (χ3v) is 2.63. The van der Waals surface area contributed by atoms with Gasteiger partial charge in [0.05, 0.1) is 6.10 Å². The predicted octanol–water partition coefficient (Wildman–Crippen LogP) is 1.53. The molecule has 2 unspecified atom stereocenters. The van der Waals surface area contributed by atoms with Crippen LogP contribution in [0.25, 0.3) is 0 Å². The van der Waals surface area contributed by atoms with Crippen LogP contribution in [0.3, 0.4) is 0 Å². The molecule has 1 aliphatic carbocycles. The van der Waals surface area contributed by atoms with Crippen LogP contribution in [0.1, 0.15) is 32.1 Å². The molecule has 2 aliphatic rings. The van der Waals surface area contributed by atoms with Gasteiger partial charge in [-0.15, -0.1) is 0 Å². The van der Waals surface area contributed by atoms with Gasteiger partial charge in [0, 0.05) is 0 Å². The van der Waals surface area contributed by atoms with Crippen LogP contribution in [0.2, 0.25) is 0 Å². The third kappa shape index (κ3) is 1.62. The molecule has 11 heavy (non-hydrogen) atoms. The average molecular weight is 154 g/mol. The van der Waals surface area contributed by atoms with Crippen molar-refractivity contribution in [3.63, 3.8) is 0 Å². The van der Waals surface area contributed by atoms with Gasteiger partial charge < -0.3 is 9.53 Å². The summed E-state index contributed by atoms with van der Waals surface area (Å²) in [6.45, 7) is 0. The van der Waals surface area contributed by atoms with Crippen LogP contribution in [0.4, 0.5) is 0 Å². The smallest absolute Gasteiger partial charge is 0.148 e. The van der Waals surface area contributed by atoms with Crippen LogP contribution < -0.4 is 0 Å². The quantitative estimate of drug-likeness (QED) is 0.564. The molecule has 62 valence electrons. The summed E-state index contributed by atoms with van der Waals surface area (Å²) in [5.74, 6) is 0.790. The molecule has 2 atom stereocenters. The molecular weight excluding hydrogens is 140 g/mol. The number of hydrogen-bond acceptors (Lipinski definition) is 2. The molecule has 2 nitrogen and oxygen atoms in total. The molecule has 0 amide bonds. The standard InChI is InChI=1S/C9H14O2/c10-6-8-2-1-3-9(11-8)7-4-5-7/h6-9H,1-5H2. The van der Waals surface area contributed by atoms with Gasteiger partial charge in [0.25, 0.3) is 0 Å². The fourth-order valence-electron chi connectivity index (χ4n) is 1.80. The zero-order chi connectivity index (χ0) is 7.68. The molecule has 1 saturated heterocycles. The Bertz CT molecular complexity index is 152. The minimum absolute atomic E-state index is 0.0886. The van der Waals surface area contributed by atoms with E-state index in [0.717, 1.165) is 18.6 Å². The normalized spacial score (nSPS) is 38.5. The molecule has 0 radical (unpaired) electrons. The summed E-state index contributed by atoms with van der Waals surface area (Å²) in [5.41, 5.74) is 0. The van der Waals surface area contributed by atoms with Crippen LogP contribution in [0.5, 0.6) is 0 Å². The van der Waals surface area contributed by atoms with Crippen molar-refractivity contribution >= 4 is 6.29 Å². The molecule has 0 aromatic carbocycles. The van der Waals surface area contributed by atoms with Crippen LogP contribution >= 0.6 is 0 Å². The highest BCUT2D eigenvalue weighted by molar-refractivity contribution is 5.56. The average Bonchev–Trinajstić information content (AvgIpc) is 2.87. The highest BCUT2D eigenvalue weighted by Crippen LogP contribution is 2.38. The van der Waals surface area contributed by atoms with Crippen LogP contribution in [-0.2, 0) is 9.53 Å². The van der Waals surface area contributed by atoms with Gasteiger partial charge in [-0.05, 0) is 38.0 Å². The summed E-state index contributed by atoms with van der Waals surface area (Å²) >= 11 is 0. The third-order valence-electron chi connectivity index (χ3n) is 2.63. The molecule has 2 heteroatoms. The lowest BCUT2D eigenvalue weighted by Crippen LogP contribution is -2.29. The lowest BCUT2D eigenvalue weighted by atomic mass is 10.0. The summed E-state index contributed by atoms with van der Waals surface area (Å²) in [6, 6.07) is 0. The first kappa shape index (κ1) is 7.29. The number of rotatable bonds is 2. The fraction of sp³-hybridized carbons (Fsp3) is 0.889. The fourth-order valence-corrected chi connectivity index (χ4v) is 1.80. The summed E-state index contributed by atoms with van der Waals surface area (Å²) < 4.78 is 5.59. The topological polar surface area (TPSA) is 26.3 Å². The lowest BCUT2D eigenvalue weighted by molar-refractivity contribution is -0.127. The molecule has 0 N–H and O–H groups in total. The first-order valence-electron chi connectivity index (χ1n) is 4.51. The minimum atomic E-state index is -0.0886. The number of ether oxygens (including phenoxy) is 1. The maximum atomic E-state index is 10.4. The van der Waals surface area contributed by atoms with E-state index in [2.05, 4.69) is 0 Å². The van der Waals surface area contributed by atoms with E-state index in [1.807, 2.05) is 0 Å². The monoisotopic (exact) mass is 154 g/mol. The zero-order valence-electron chi connectivity index (χ0n) is 6.66. The molecule has 1 saturated carbocycles. The van der Waals surface area contributed by atoms with Crippen LogP contribution in [0, 0.1) is 5.92 Å². The van der Waals surface area contributed by atoms with Crippen molar-refractivity contribution < 1.29 is 9.53 Å². The van der Waals surface area contributed by atoms with Gasteiger partial charge in [0.15, 0.2) is 0 Å². The number of aldehydes is 1. The van der Waals surface area contributed by atoms with E-state index in [1.54, 1.807) is 0 Å². The SMILES string of the molecule is O=CC1CCCC(C2CC2)O1. The van der Waals surface area contributed by atoms with Crippen molar-refractivity contribution in [1.82, 2.24) is 0 Å². The second kappa shape index (κ2) is 2.94. The molecule has 0 bridgehead atoms. The zero-order valence-corrected chi connectivity index (χ0v) is 6.66. The van der Waals surface area contributed by atoms with Gasteiger partial charge in [-0.3, -0.25) is 0 Å². The van der Waals surface area contributed by atoms with Gasteiger partial charge >= 0.3 is 0 Å². The minimum Gasteiger partial charge on any atom is -0.367 e. The first-order valence-corrected chi connectivity index (χ1v) is 4.51. The summed E-state index contributed by atoms with van der Waals surface area (Å²) in [4.78, 5) is 10.4. The second-order valence-corrected chi connectivity index (χ2v) is 3.62. The van der Waals surface area contributed by atoms with E-state index >= 15 is 0 Å². The van der Waals surface area contributed by atoms with Crippen molar-refractivity contribution in [3.8, 4) is 0 Å². The Kier molecular flexibility index (Phi) is 1.95. The number of carbonyl (C=O) groups excluding carboxylic acids is 1. The van der Waals surface area contributed by atoms with E-state index in [4.69, 9.17) is 4.74 Å². The van der Waals surface area contributed by atoms with Crippen molar-refractivity contribution in [2.45, 2.75) is 44.3 Å². The van der Waals surface area contributed by atoms with Gasteiger partial charge in [0.2, 0.25) is 0 Å². The largest absolute Gasteiger partial charge is 0.367 e. The molecule has 1 heterocycles. The highest BCUT2D eigenvalue weighted by atomic mass is 16.5. The summed E-state index contributed by atoms with van der Waals surface area (Å²) in [5, 5.41) is 0. The van der Waals surface area contributed by atoms with Crippen LogP contribution in [-0.4, -0.2) is 18.5 Å². The van der Waals surface area contributed by atoms with Gasteiger partial charge in [-0.1, -0.05) is 0 Å². The summed E-state index contributed by atoms with van der Waals surface area (Å²) in [6.07, 6.45) is 7.20. The molecule has 2 fully saturated rings. The van der Waals surface area contributed by atoms with Crippen molar-refractivity contribution in [1.29, 1.82) is 0 Å². The van der Waals surface area contributed by atoms with E-state index in [9.17, 15) is 4.79 Å². The summed E-state index contributed by atoms with van der Waals surface area (Å²) in [7, 11) is 0. The van der Waals surface area contributed by atoms with Gasteiger partial charge in [-0.25, -0.2) is 0 Å². The highest BCUT2D eigenvalue weighted by Gasteiger charge is 2.35. The van der Waals surface area contributed by atoms with E-state index < -0.39 is 0 Å². The Morgan fingerprint density at radius 2 is 2.00 bits per heavy atom. The molecule has 2 rings (SSSR count). The van der Waals surface area contributed by atoms with E-state index in [0.29, 0.717) is 6.10 Å². The maximum Gasteiger partial charge on any atom is 0.148 e. The molecule has 0 aromatic heterocycles. The predicted molar refractivity (Wildman–Crippen MR) is 41.3 cm³/mol. The van der Waals surface area contributed by atoms with Crippen molar-refractivity contribution in [2.75, 3.05) is 0 Å². The molecule has 0 spiro atoms. The van der Waals surface area contributed by atoms with Crippen molar-refractivity contribution in [3.05, 3.63) is 0 Å². The van der Waals surface area contributed by atoms with E-state index in [1.165, 1.54) is 25.7 Å². The first-order chi connectivity index (χ1) is 5.40. The Hall–Kier alpha value is -0.370. The Balaban J connectivity index is 1.86. The number of carbonyl (C=O) groups is 1. The molecule has 1 aliphatic heterocycles. The van der Waals surface area contributed by atoms with E-state index in [-0.39, 0.29) is 6.10 Å². The molecular formula is C9H14O2. The Morgan fingerprint density at radius 1 is 1.18 bits per heavy atom. The maximum absolute atomic E-state index is 10.4. The van der Waals surface area contributed by atoms with Crippen molar-refractivity contribution in [2.24, 2.45) is 5.92 Å². The number of hydrogen-bond donors (Lipinski definition) is 0. The molecule has 0 aromatic rings. The lowest BCUT2D eigenvalue weighted by Gasteiger charge is -2.26. The van der Waals surface area contributed by atoms with Gasteiger partial charge in [0.1, 0.15) is 12.4 Å². The Labute approximate surface area is 66.9 Å². The van der Waals surface area contributed by atoms with Gasteiger partial charge in [-0.2, -0.15) is 0 Å².